The van der Waals surface area contributed by atoms with Gasteiger partial charge < -0.3 is 15.0 Å². The minimum atomic E-state index is 0.701. The number of methoxy groups -OCH3 is 1. The van der Waals surface area contributed by atoms with E-state index >= 15 is 0 Å². The van der Waals surface area contributed by atoms with Crippen molar-refractivity contribution in [1.29, 1.82) is 0 Å². The molecule has 0 amide bonds. The first kappa shape index (κ1) is 19.4. The molecular weight excluding hydrogens is 360 g/mol. The molecule has 142 valence electrons. The van der Waals surface area contributed by atoms with E-state index in [-0.39, 0.29) is 0 Å². The molecule has 2 aromatic carbocycles. The fourth-order valence-electron chi connectivity index (χ4n) is 2.81. The second-order valence-electron chi connectivity index (χ2n) is 6.61. The Morgan fingerprint density at radius 1 is 1.11 bits per heavy atom. The number of rotatable bonds is 8. The predicted molar refractivity (Wildman–Crippen MR) is 111 cm³/mol. The summed E-state index contributed by atoms with van der Waals surface area (Å²) in [6.45, 7) is 2.61. The number of benzene rings is 2. The van der Waals surface area contributed by atoms with Crippen LogP contribution < -0.4 is 10.1 Å². The summed E-state index contributed by atoms with van der Waals surface area (Å²) in [4.78, 5) is 2.16. The first-order valence-electron chi connectivity index (χ1n) is 8.92. The summed E-state index contributed by atoms with van der Waals surface area (Å²) < 4.78 is 7.13. The highest BCUT2D eigenvalue weighted by molar-refractivity contribution is 6.33. The van der Waals surface area contributed by atoms with Crippen molar-refractivity contribution < 1.29 is 4.74 Å². The van der Waals surface area contributed by atoms with E-state index in [9.17, 15) is 0 Å². The highest BCUT2D eigenvalue weighted by Crippen LogP contribution is 2.30. The molecule has 1 N–H and O–H groups in total. The van der Waals surface area contributed by atoms with Crippen molar-refractivity contribution in [3.05, 3.63) is 65.3 Å². The van der Waals surface area contributed by atoms with Crippen molar-refractivity contribution in [1.82, 2.24) is 20.0 Å². The van der Waals surface area contributed by atoms with Crippen LogP contribution in [0.2, 0.25) is 5.02 Å². The maximum atomic E-state index is 6.44. The molecule has 3 aromatic rings. The topological polar surface area (TPSA) is 42.3 Å². The predicted octanol–water partition coefficient (Wildman–Crippen LogP) is 3.85. The molecule has 0 spiro atoms. The summed E-state index contributed by atoms with van der Waals surface area (Å²) in [5.41, 5.74) is 3.92. The lowest BCUT2D eigenvalue weighted by Crippen LogP contribution is -2.26. The summed E-state index contributed by atoms with van der Waals surface area (Å²) in [6.07, 6.45) is 2.06. The second-order valence-corrected chi connectivity index (χ2v) is 7.01. The quantitative estimate of drug-likeness (QED) is 0.599. The van der Waals surface area contributed by atoms with Crippen LogP contribution in [-0.4, -0.2) is 49.0 Å². The average Bonchev–Trinajstić information content (AvgIpc) is 3.09. The molecule has 0 saturated carbocycles. The molecule has 1 aromatic heterocycles. The van der Waals surface area contributed by atoms with E-state index in [1.807, 2.05) is 53.2 Å². The van der Waals surface area contributed by atoms with Crippen molar-refractivity contribution in [3.63, 3.8) is 0 Å². The maximum absolute atomic E-state index is 6.44. The minimum absolute atomic E-state index is 0.701. The van der Waals surface area contributed by atoms with E-state index in [1.165, 1.54) is 0 Å². The monoisotopic (exact) mass is 384 g/mol. The van der Waals surface area contributed by atoms with Gasteiger partial charge in [-0.25, -0.2) is 4.68 Å². The molecule has 1 heterocycles. The molecule has 0 aliphatic rings. The lowest BCUT2D eigenvalue weighted by atomic mass is 10.1. The lowest BCUT2D eigenvalue weighted by Gasteiger charge is -2.10. The van der Waals surface area contributed by atoms with Crippen molar-refractivity contribution in [2.75, 3.05) is 34.3 Å². The normalized spacial score (nSPS) is 11.1. The van der Waals surface area contributed by atoms with Crippen LogP contribution >= 0.6 is 11.6 Å². The molecule has 0 radical (unpaired) electrons. The Bertz CT molecular complexity index is 874. The molecule has 0 bridgehead atoms. The molecular formula is C21H25ClN4O. The summed E-state index contributed by atoms with van der Waals surface area (Å²) in [5, 5.41) is 9.01. The van der Waals surface area contributed by atoms with Crippen LogP contribution in [-0.2, 0) is 6.54 Å². The Kier molecular flexibility index (Phi) is 6.50. The van der Waals surface area contributed by atoms with Crippen molar-refractivity contribution >= 4 is 11.6 Å². The van der Waals surface area contributed by atoms with Gasteiger partial charge in [0.25, 0.3) is 0 Å². The molecule has 0 aliphatic carbocycles. The summed E-state index contributed by atoms with van der Waals surface area (Å²) >= 11 is 6.44. The van der Waals surface area contributed by atoms with E-state index in [1.54, 1.807) is 7.11 Å². The van der Waals surface area contributed by atoms with E-state index in [0.717, 1.165) is 47.9 Å². The number of hydrogen-bond acceptors (Lipinski definition) is 4. The number of ether oxygens (including phenoxy) is 1. The highest BCUT2D eigenvalue weighted by atomic mass is 35.5. The van der Waals surface area contributed by atoms with Crippen LogP contribution in [0.5, 0.6) is 5.75 Å². The molecule has 27 heavy (non-hydrogen) atoms. The zero-order chi connectivity index (χ0) is 19.2. The van der Waals surface area contributed by atoms with Gasteiger partial charge in [-0.1, -0.05) is 29.8 Å². The van der Waals surface area contributed by atoms with Gasteiger partial charge in [0, 0.05) is 37.0 Å². The van der Waals surface area contributed by atoms with Crippen molar-refractivity contribution in [3.8, 4) is 22.7 Å². The average molecular weight is 385 g/mol. The lowest BCUT2D eigenvalue weighted by molar-refractivity contribution is 0.400. The number of nitrogens with zero attached hydrogens (tertiary/aromatic N) is 3. The second kappa shape index (κ2) is 9.04. The third-order valence-electron chi connectivity index (χ3n) is 4.31. The standard InChI is InChI=1S/C21H25ClN4O/c1-25(2)13-12-23-14-16-15-26(17-8-10-18(27-3)11-9-17)24-21(16)19-6-4-5-7-20(19)22/h4-11,15,23H,12-14H2,1-3H3. The van der Waals surface area contributed by atoms with Crippen molar-refractivity contribution in [2.24, 2.45) is 0 Å². The SMILES string of the molecule is COc1ccc(-n2cc(CNCCN(C)C)c(-c3ccccc3Cl)n2)cc1. The van der Waals surface area contributed by atoms with Crippen LogP contribution in [0.3, 0.4) is 0 Å². The van der Waals surface area contributed by atoms with Gasteiger partial charge in [-0.2, -0.15) is 5.10 Å². The van der Waals surface area contributed by atoms with Crippen LogP contribution in [0, 0.1) is 0 Å². The Morgan fingerprint density at radius 3 is 2.52 bits per heavy atom. The number of hydrogen-bond donors (Lipinski definition) is 1. The Balaban J connectivity index is 1.91. The van der Waals surface area contributed by atoms with Crippen LogP contribution in [0.4, 0.5) is 0 Å². The van der Waals surface area contributed by atoms with Gasteiger partial charge >= 0.3 is 0 Å². The first-order valence-corrected chi connectivity index (χ1v) is 9.29. The number of nitrogens with one attached hydrogen (secondary N) is 1. The fraction of sp³-hybridized carbons (Fsp3) is 0.286. The van der Waals surface area contributed by atoms with Gasteiger partial charge in [-0.15, -0.1) is 0 Å². The molecule has 0 atom stereocenters. The molecule has 0 fully saturated rings. The molecule has 0 unspecified atom stereocenters. The Hall–Kier alpha value is -2.34. The summed E-state index contributed by atoms with van der Waals surface area (Å²) in [5.74, 6) is 0.822. The highest BCUT2D eigenvalue weighted by Gasteiger charge is 2.14. The van der Waals surface area contributed by atoms with Gasteiger partial charge in [0.05, 0.1) is 23.5 Å². The maximum Gasteiger partial charge on any atom is 0.119 e. The van der Waals surface area contributed by atoms with E-state index in [2.05, 4.69) is 30.5 Å². The third-order valence-corrected chi connectivity index (χ3v) is 4.64. The van der Waals surface area contributed by atoms with E-state index in [0.29, 0.717) is 5.02 Å². The number of halogens is 1. The largest absolute Gasteiger partial charge is 0.497 e. The van der Waals surface area contributed by atoms with Crippen LogP contribution in [0.25, 0.3) is 16.9 Å². The van der Waals surface area contributed by atoms with Gasteiger partial charge in [-0.3, -0.25) is 0 Å². The van der Waals surface area contributed by atoms with Gasteiger partial charge in [0.1, 0.15) is 5.75 Å². The minimum Gasteiger partial charge on any atom is -0.497 e. The molecule has 3 rings (SSSR count). The van der Waals surface area contributed by atoms with Crippen LogP contribution in [0.1, 0.15) is 5.56 Å². The Labute approximate surface area is 165 Å². The van der Waals surface area contributed by atoms with E-state index < -0.39 is 0 Å². The third kappa shape index (κ3) is 4.89. The zero-order valence-electron chi connectivity index (χ0n) is 15.9. The number of aromatic nitrogens is 2. The van der Waals surface area contributed by atoms with Gasteiger partial charge in [0.2, 0.25) is 0 Å². The van der Waals surface area contributed by atoms with E-state index in [4.69, 9.17) is 21.4 Å². The summed E-state index contributed by atoms with van der Waals surface area (Å²) in [7, 11) is 5.80. The number of likely N-dealkylation sites (N-methyl/N-ethyl adjacent to an activating group) is 1. The molecule has 0 aliphatic heterocycles. The van der Waals surface area contributed by atoms with Crippen LogP contribution in [0.15, 0.2) is 54.7 Å². The molecule has 6 heteroatoms. The Morgan fingerprint density at radius 2 is 1.85 bits per heavy atom. The van der Waals surface area contributed by atoms with Gasteiger partial charge in [0.15, 0.2) is 0 Å². The first-order chi connectivity index (χ1) is 13.1. The zero-order valence-corrected chi connectivity index (χ0v) is 16.7. The molecule has 5 nitrogen and oxygen atoms in total. The molecule has 0 saturated heterocycles. The summed E-state index contributed by atoms with van der Waals surface area (Å²) in [6, 6.07) is 15.7. The smallest absolute Gasteiger partial charge is 0.119 e. The van der Waals surface area contributed by atoms with Crippen molar-refractivity contribution in [2.45, 2.75) is 6.54 Å². The van der Waals surface area contributed by atoms with Gasteiger partial charge in [-0.05, 0) is 44.4 Å². The fourth-order valence-corrected chi connectivity index (χ4v) is 3.04.